The van der Waals surface area contributed by atoms with Crippen molar-refractivity contribution in [3.8, 4) is 17.2 Å². The molecule has 126 valence electrons. The summed E-state index contributed by atoms with van der Waals surface area (Å²) in [5.41, 5.74) is 1.02. The molecule has 0 saturated heterocycles. The zero-order chi connectivity index (χ0) is 17.4. The van der Waals surface area contributed by atoms with Crippen molar-refractivity contribution in [2.24, 2.45) is 0 Å². The molecule has 0 spiro atoms. The number of aromatic hydroxyl groups is 1. The van der Waals surface area contributed by atoms with E-state index in [1.165, 1.54) is 7.11 Å². The molecule has 6 heteroatoms. The summed E-state index contributed by atoms with van der Waals surface area (Å²) < 4.78 is 17.2. The van der Waals surface area contributed by atoms with Gasteiger partial charge in [-0.1, -0.05) is 18.2 Å². The van der Waals surface area contributed by atoms with Crippen molar-refractivity contribution in [2.45, 2.75) is 6.54 Å². The molecule has 4 rings (SSSR count). The van der Waals surface area contributed by atoms with Crippen LogP contribution in [0.2, 0.25) is 0 Å². The molecule has 6 nitrogen and oxygen atoms in total. The highest BCUT2D eigenvalue weighted by Gasteiger charge is 2.28. The molecular formula is C19H16NO5+. The molecule has 1 aliphatic rings. The number of fused-ring (bicyclic) bond motifs is 2. The number of hydrogen-bond donors (Lipinski definition) is 1. The van der Waals surface area contributed by atoms with E-state index in [9.17, 15) is 9.90 Å². The molecule has 0 unspecified atom stereocenters. The molecule has 0 atom stereocenters. The number of rotatable bonds is 3. The van der Waals surface area contributed by atoms with Gasteiger partial charge in [0.15, 0.2) is 24.2 Å². The van der Waals surface area contributed by atoms with Gasteiger partial charge in [0.2, 0.25) is 12.5 Å². The van der Waals surface area contributed by atoms with Crippen molar-refractivity contribution in [2.75, 3.05) is 13.9 Å². The van der Waals surface area contributed by atoms with Gasteiger partial charge in [-0.15, -0.1) is 0 Å². The van der Waals surface area contributed by atoms with Crippen LogP contribution in [0.15, 0.2) is 48.7 Å². The Kier molecular flexibility index (Phi) is 3.65. The summed E-state index contributed by atoms with van der Waals surface area (Å²) in [6.45, 7) is 0.579. The average Bonchev–Trinajstić information content (AvgIpc) is 3.09. The number of carbonyl (C=O) groups excluding carboxylic acids is 1. The summed E-state index contributed by atoms with van der Waals surface area (Å²) in [7, 11) is 1.29. The van der Waals surface area contributed by atoms with Gasteiger partial charge in [0, 0.05) is 16.3 Å². The van der Waals surface area contributed by atoms with E-state index >= 15 is 0 Å². The Bertz CT molecular complexity index is 983. The fraction of sp³-hybridized carbons (Fsp3) is 0.158. The molecule has 0 fully saturated rings. The number of carbonyl (C=O) groups is 1. The van der Waals surface area contributed by atoms with Crippen LogP contribution in [0.4, 0.5) is 0 Å². The molecule has 0 saturated carbocycles. The van der Waals surface area contributed by atoms with Crippen molar-refractivity contribution < 1.29 is 28.7 Å². The number of nitrogens with zero attached hydrogens (tertiary/aromatic N) is 1. The molecule has 2 aromatic carbocycles. The van der Waals surface area contributed by atoms with Crippen LogP contribution in [-0.2, 0) is 11.3 Å². The van der Waals surface area contributed by atoms with Gasteiger partial charge in [0.25, 0.3) is 0 Å². The van der Waals surface area contributed by atoms with Crippen LogP contribution in [0.25, 0.3) is 10.8 Å². The van der Waals surface area contributed by atoms with Gasteiger partial charge in [-0.3, -0.25) is 0 Å². The van der Waals surface area contributed by atoms with Crippen molar-refractivity contribution in [1.29, 1.82) is 0 Å². The maximum absolute atomic E-state index is 12.2. The highest BCUT2D eigenvalue weighted by atomic mass is 16.7. The first-order valence-corrected chi connectivity index (χ1v) is 7.78. The Labute approximate surface area is 143 Å². The Morgan fingerprint density at radius 1 is 1.20 bits per heavy atom. The number of esters is 1. The fourth-order valence-corrected chi connectivity index (χ4v) is 2.99. The van der Waals surface area contributed by atoms with Crippen LogP contribution in [0, 0.1) is 0 Å². The lowest BCUT2D eigenvalue weighted by molar-refractivity contribution is -0.689. The summed E-state index contributed by atoms with van der Waals surface area (Å²) in [6.07, 6.45) is 1.83. The Morgan fingerprint density at radius 2 is 2.00 bits per heavy atom. The Morgan fingerprint density at radius 3 is 2.84 bits per heavy atom. The minimum absolute atomic E-state index is 0.0920. The second-order valence-corrected chi connectivity index (χ2v) is 5.72. The van der Waals surface area contributed by atoms with Gasteiger partial charge in [-0.05, 0) is 24.3 Å². The Hall–Kier alpha value is -3.28. The van der Waals surface area contributed by atoms with E-state index in [2.05, 4.69) is 0 Å². The summed E-state index contributed by atoms with van der Waals surface area (Å²) in [6, 6.07) is 12.9. The molecule has 1 aromatic heterocycles. The molecule has 25 heavy (non-hydrogen) atoms. The van der Waals surface area contributed by atoms with Crippen LogP contribution in [0.1, 0.15) is 16.1 Å². The lowest BCUT2D eigenvalue weighted by Crippen LogP contribution is -2.41. The predicted molar refractivity (Wildman–Crippen MR) is 88.8 cm³/mol. The van der Waals surface area contributed by atoms with Crippen molar-refractivity contribution in [3.05, 3.63) is 59.9 Å². The van der Waals surface area contributed by atoms with E-state index in [0.717, 1.165) is 10.9 Å². The minimum atomic E-state index is -0.594. The first kappa shape index (κ1) is 15.3. The molecule has 0 radical (unpaired) electrons. The predicted octanol–water partition coefficient (Wildman–Crippen LogP) is 2.40. The molecule has 2 heterocycles. The van der Waals surface area contributed by atoms with Gasteiger partial charge < -0.3 is 19.3 Å². The quantitative estimate of drug-likeness (QED) is 0.587. The van der Waals surface area contributed by atoms with Gasteiger partial charge in [0.05, 0.1) is 7.11 Å². The standard InChI is InChI=1S/C19H15NO5/c1-23-19(22)17-18(21)14-5-3-2-4-13(14)10-20(17)9-12-6-7-15-16(8-12)25-11-24-15/h2-8,10H,9,11H2,1H3/p+1. The lowest BCUT2D eigenvalue weighted by Gasteiger charge is -2.08. The van der Waals surface area contributed by atoms with Crippen molar-refractivity contribution in [3.63, 3.8) is 0 Å². The zero-order valence-corrected chi connectivity index (χ0v) is 13.6. The number of benzene rings is 2. The van der Waals surface area contributed by atoms with Gasteiger partial charge in [-0.25, -0.2) is 4.79 Å². The molecule has 0 bridgehead atoms. The van der Waals surface area contributed by atoms with Crippen LogP contribution >= 0.6 is 0 Å². The van der Waals surface area contributed by atoms with Crippen LogP contribution < -0.4 is 14.0 Å². The molecule has 0 amide bonds. The number of hydrogen-bond acceptors (Lipinski definition) is 5. The largest absolute Gasteiger partial charge is 0.502 e. The number of ether oxygens (including phenoxy) is 3. The number of methoxy groups -OCH3 is 1. The minimum Gasteiger partial charge on any atom is -0.502 e. The first-order valence-electron chi connectivity index (χ1n) is 7.78. The molecular weight excluding hydrogens is 322 g/mol. The Balaban J connectivity index is 1.83. The van der Waals surface area contributed by atoms with E-state index in [-0.39, 0.29) is 18.2 Å². The summed E-state index contributed by atoms with van der Waals surface area (Å²) in [5, 5.41) is 12.0. The van der Waals surface area contributed by atoms with Crippen LogP contribution in [-0.4, -0.2) is 25.0 Å². The van der Waals surface area contributed by atoms with Crippen molar-refractivity contribution in [1.82, 2.24) is 0 Å². The highest BCUT2D eigenvalue weighted by Crippen LogP contribution is 2.33. The maximum atomic E-state index is 12.2. The van der Waals surface area contributed by atoms with E-state index in [1.54, 1.807) is 10.6 Å². The zero-order valence-electron chi connectivity index (χ0n) is 13.6. The van der Waals surface area contributed by atoms with E-state index in [1.807, 2.05) is 42.6 Å². The van der Waals surface area contributed by atoms with E-state index < -0.39 is 5.97 Å². The fourth-order valence-electron chi connectivity index (χ4n) is 2.99. The molecule has 1 aliphatic heterocycles. The third-order valence-electron chi connectivity index (χ3n) is 4.19. The van der Waals surface area contributed by atoms with E-state index in [0.29, 0.717) is 23.4 Å². The summed E-state index contributed by atoms with van der Waals surface area (Å²) >= 11 is 0. The SMILES string of the molecule is COC(=O)c1c(O)c2ccccc2c[n+]1Cc1ccc2c(c1)OCO2. The highest BCUT2D eigenvalue weighted by molar-refractivity contribution is 5.97. The monoisotopic (exact) mass is 338 g/mol. The molecule has 0 aliphatic carbocycles. The van der Waals surface area contributed by atoms with Crippen LogP contribution in [0.3, 0.4) is 0 Å². The first-order chi connectivity index (χ1) is 12.2. The third kappa shape index (κ3) is 2.61. The smallest absolute Gasteiger partial charge is 0.407 e. The van der Waals surface area contributed by atoms with Gasteiger partial charge in [0.1, 0.15) is 0 Å². The molecule has 1 N–H and O–H groups in total. The molecule has 3 aromatic rings. The van der Waals surface area contributed by atoms with Crippen LogP contribution in [0.5, 0.6) is 17.2 Å². The number of pyridine rings is 1. The second-order valence-electron chi connectivity index (χ2n) is 5.72. The van der Waals surface area contributed by atoms with Gasteiger partial charge in [-0.2, -0.15) is 4.57 Å². The third-order valence-corrected chi connectivity index (χ3v) is 4.19. The van der Waals surface area contributed by atoms with Crippen molar-refractivity contribution >= 4 is 16.7 Å². The lowest BCUT2D eigenvalue weighted by atomic mass is 10.1. The van der Waals surface area contributed by atoms with Gasteiger partial charge >= 0.3 is 11.7 Å². The maximum Gasteiger partial charge on any atom is 0.407 e. The summed E-state index contributed by atoms with van der Waals surface area (Å²) in [5.74, 6) is 0.681. The second kappa shape index (κ2) is 5.98. The average molecular weight is 338 g/mol. The summed E-state index contributed by atoms with van der Waals surface area (Å²) in [4.78, 5) is 12.2. The normalized spacial score (nSPS) is 12.4. The topological polar surface area (TPSA) is 68.9 Å². The number of aromatic nitrogens is 1. The van der Waals surface area contributed by atoms with E-state index in [4.69, 9.17) is 14.2 Å².